The lowest BCUT2D eigenvalue weighted by Crippen LogP contribution is -2.38. The van der Waals surface area contributed by atoms with E-state index < -0.39 is 6.09 Å². The highest BCUT2D eigenvalue weighted by Gasteiger charge is 2.12. The fourth-order valence-electron chi connectivity index (χ4n) is 1.00. The molecule has 0 aromatic heterocycles. The average molecular weight is 208 g/mol. The fraction of sp³-hybridized carbons (Fsp3) is 0.364. The number of hydrogen-bond donors (Lipinski definition) is 1. The van der Waals surface area contributed by atoms with Crippen molar-refractivity contribution in [1.29, 1.82) is 0 Å². The Labute approximate surface area is 89.6 Å². The van der Waals surface area contributed by atoms with Gasteiger partial charge in [0.25, 0.3) is 0 Å². The van der Waals surface area contributed by atoms with Gasteiger partial charge in [-0.3, -0.25) is 0 Å². The van der Waals surface area contributed by atoms with Crippen LogP contribution in [0.3, 0.4) is 0 Å². The summed E-state index contributed by atoms with van der Waals surface area (Å²) in [5.41, 5.74) is 0.617. The summed E-state index contributed by atoms with van der Waals surface area (Å²) in [5, 5.41) is 1.00. The van der Waals surface area contributed by atoms with Crippen molar-refractivity contribution in [1.82, 2.24) is 0 Å². The van der Waals surface area contributed by atoms with Crippen molar-refractivity contribution in [2.75, 3.05) is 11.6 Å². The number of carbonyl (C=O) groups is 1. The zero-order chi connectivity index (χ0) is 11.3. The van der Waals surface area contributed by atoms with Gasteiger partial charge in [0.1, 0.15) is 0 Å². The Kier molecular flexibility index (Phi) is 4.12. The molecule has 82 valence electrons. The standard InChI is InChI=1S/C11H16N2O2/c1-9(2)8-15-11(14)13(12)10-6-4-3-5-7-10/h3-7,9H,8,12H2,1-2H3. The summed E-state index contributed by atoms with van der Waals surface area (Å²) in [7, 11) is 0. The molecular formula is C11H16N2O2. The van der Waals surface area contributed by atoms with E-state index in [9.17, 15) is 4.79 Å². The molecule has 0 aliphatic rings. The highest BCUT2D eigenvalue weighted by Crippen LogP contribution is 2.10. The van der Waals surface area contributed by atoms with E-state index in [4.69, 9.17) is 10.6 Å². The number of hydrogen-bond acceptors (Lipinski definition) is 3. The normalized spacial score (nSPS) is 10.1. The van der Waals surface area contributed by atoms with Gasteiger partial charge >= 0.3 is 6.09 Å². The van der Waals surface area contributed by atoms with Gasteiger partial charge in [-0.05, 0) is 18.1 Å². The molecule has 1 rings (SSSR count). The van der Waals surface area contributed by atoms with Crippen molar-refractivity contribution in [2.45, 2.75) is 13.8 Å². The average Bonchev–Trinajstić information content (AvgIpc) is 2.26. The van der Waals surface area contributed by atoms with E-state index in [0.717, 1.165) is 5.01 Å². The Bertz CT molecular complexity index is 312. The van der Waals surface area contributed by atoms with Crippen molar-refractivity contribution in [3.05, 3.63) is 30.3 Å². The lowest BCUT2D eigenvalue weighted by molar-refractivity contribution is 0.140. The lowest BCUT2D eigenvalue weighted by Gasteiger charge is -2.16. The minimum absolute atomic E-state index is 0.304. The number of amides is 1. The largest absolute Gasteiger partial charge is 0.448 e. The second kappa shape index (κ2) is 5.36. The molecule has 0 saturated heterocycles. The summed E-state index contributed by atoms with van der Waals surface area (Å²) < 4.78 is 4.98. The molecule has 0 aliphatic heterocycles. The van der Waals surface area contributed by atoms with Crippen LogP contribution in [-0.2, 0) is 4.74 Å². The van der Waals surface area contributed by atoms with Gasteiger partial charge in [-0.15, -0.1) is 0 Å². The van der Waals surface area contributed by atoms with E-state index in [-0.39, 0.29) is 0 Å². The highest BCUT2D eigenvalue weighted by atomic mass is 16.6. The van der Waals surface area contributed by atoms with Gasteiger partial charge in [0.2, 0.25) is 0 Å². The first-order chi connectivity index (χ1) is 7.11. The third kappa shape index (κ3) is 3.59. The maximum atomic E-state index is 11.4. The SMILES string of the molecule is CC(C)COC(=O)N(N)c1ccccc1. The summed E-state index contributed by atoms with van der Waals surface area (Å²) in [6.45, 7) is 4.31. The molecular weight excluding hydrogens is 192 g/mol. The van der Waals surface area contributed by atoms with Crippen molar-refractivity contribution in [3.63, 3.8) is 0 Å². The Morgan fingerprint density at radius 2 is 2.00 bits per heavy atom. The van der Waals surface area contributed by atoms with Crippen LogP contribution in [0.2, 0.25) is 0 Å². The van der Waals surface area contributed by atoms with Crippen molar-refractivity contribution >= 4 is 11.8 Å². The zero-order valence-corrected chi connectivity index (χ0v) is 9.01. The molecule has 0 unspecified atom stereocenters. The summed E-state index contributed by atoms with van der Waals surface area (Å²) >= 11 is 0. The number of carbonyl (C=O) groups excluding carboxylic acids is 1. The van der Waals surface area contributed by atoms with Crippen LogP contribution in [0.4, 0.5) is 10.5 Å². The fourth-order valence-corrected chi connectivity index (χ4v) is 1.00. The van der Waals surface area contributed by atoms with Gasteiger partial charge in [0.15, 0.2) is 0 Å². The summed E-state index contributed by atoms with van der Waals surface area (Å²) in [6.07, 6.45) is -0.532. The third-order valence-corrected chi connectivity index (χ3v) is 1.77. The summed E-state index contributed by atoms with van der Waals surface area (Å²) in [4.78, 5) is 11.4. The number of nitrogens with zero attached hydrogens (tertiary/aromatic N) is 1. The van der Waals surface area contributed by atoms with Gasteiger partial charge in [0.05, 0.1) is 12.3 Å². The topological polar surface area (TPSA) is 55.6 Å². The monoisotopic (exact) mass is 208 g/mol. The molecule has 0 radical (unpaired) electrons. The van der Waals surface area contributed by atoms with Gasteiger partial charge in [-0.1, -0.05) is 32.0 Å². The van der Waals surface area contributed by atoms with Gasteiger partial charge in [-0.25, -0.2) is 15.6 Å². The molecule has 2 N–H and O–H groups in total. The quantitative estimate of drug-likeness (QED) is 0.470. The van der Waals surface area contributed by atoms with Gasteiger partial charge in [-0.2, -0.15) is 0 Å². The Morgan fingerprint density at radius 1 is 1.40 bits per heavy atom. The molecule has 0 spiro atoms. The third-order valence-electron chi connectivity index (χ3n) is 1.77. The number of rotatable bonds is 3. The number of benzene rings is 1. The molecule has 4 heteroatoms. The van der Waals surface area contributed by atoms with Crippen LogP contribution < -0.4 is 10.9 Å². The van der Waals surface area contributed by atoms with Gasteiger partial charge in [0, 0.05) is 0 Å². The van der Waals surface area contributed by atoms with Crippen LogP contribution in [0.5, 0.6) is 0 Å². The number of anilines is 1. The first-order valence-electron chi connectivity index (χ1n) is 4.88. The van der Waals surface area contributed by atoms with E-state index in [1.165, 1.54) is 0 Å². The van der Waals surface area contributed by atoms with Crippen LogP contribution in [-0.4, -0.2) is 12.7 Å². The van der Waals surface area contributed by atoms with E-state index in [2.05, 4.69) is 0 Å². The zero-order valence-electron chi connectivity index (χ0n) is 9.01. The lowest BCUT2D eigenvalue weighted by atomic mass is 10.2. The van der Waals surface area contributed by atoms with Crippen LogP contribution in [0.1, 0.15) is 13.8 Å². The Hall–Kier alpha value is -1.55. The molecule has 1 aromatic rings. The Balaban J connectivity index is 2.54. The maximum Gasteiger partial charge on any atom is 0.428 e. The second-order valence-electron chi connectivity index (χ2n) is 3.68. The van der Waals surface area contributed by atoms with E-state index in [0.29, 0.717) is 18.2 Å². The molecule has 0 atom stereocenters. The smallest absolute Gasteiger partial charge is 0.428 e. The van der Waals surface area contributed by atoms with Crippen molar-refractivity contribution < 1.29 is 9.53 Å². The van der Waals surface area contributed by atoms with E-state index in [1.54, 1.807) is 12.1 Å². The molecule has 0 bridgehead atoms. The molecule has 0 aliphatic carbocycles. The van der Waals surface area contributed by atoms with Gasteiger partial charge < -0.3 is 4.74 Å². The summed E-state index contributed by atoms with van der Waals surface area (Å²) in [5.74, 6) is 5.89. The number of ether oxygens (including phenoxy) is 1. The number of hydrazine groups is 1. The van der Waals surface area contributed by atoms with Crippen molar-refractivity contribution in [2.24, 2.45) is 11.8 Å². The maximum absolute atomic E-state index is 11.4. The van der Waals surface area contributed by atoms with Crippen LogP contribution in [0.15, 0.2) is 30.3 Å². The van der Waals surface area contributed by atoms with Crippen LogP contribution in [0.25, 0.3) is 0 Å². The number of para-hydroxylation sites is 1. The van der Waals surface area contributed by atoms with E-state index >= 15 is 0 Å². The molecule has 1 aromatic carbocycles. The molecule has 4 nitrogen and oxygen atoms in total. The van der Waals surface area contributed by atoms with Crippen molar-refractivity contribution in [3.8, 4) is 0 Å². The number of nitrogens with two attached hydrogens (primary N) is 1. The highest BCUT2D eigenvalue weighted by molar-refractivity contribution is 5.86. The molecule has 0 saturated carbocycles. The van der Waals surface area contributed by atoms with E-state index in [1.807, 2.05) is 32.0 Å². The molecule has 15 heavy (non-hydrogen) atoms. The Morgan fingerprint density at radius 3 is 2.53 bits per heavy atom. The molecule has 0 heterocycles. The first kappa shape index (κ1) is 11.5. The first-order valence-corrected chi connectivity index (χ1v) is 4.88. The summed E-state index contributed by atoms with van der Waals surface area (Å²) in [6, 6.07) is 8.97. The predicted molar refractivity (Wildman–Crippen MR) is 59.3 cm³/mol. The minimum atomic E-state index is -0.532. The minimum Gasteiger partial charge on any atom is -0.448 e. The molecule has 0 fully saturated rings. The molecule has 1 amide bonds. The van der Waals surface area contributed by atoms with Crippen LogP contribution in [0, 0.1) is 5.92 Å². The van der Waals surface area contributed by atoms with Crippen LogP contribution >= 0.6 is 0 Å². The predicted octanol–water partition coefficient (Wildman–Crippen LogP) is 2.16. The second-order valence-corrected chi connectivity index (χ2v) is 3.68.